The lowest BCUT2D eigenvalue weighted by atomic mass is 9.81. The van der Waals surface area contributed by atoms with Crippen LogP contribution >= 0.6 is 11.8 Å². The first kappa shape index (κ1) is 41.6. The third kappa shape index (κ3) is 14.8. The number of hydrogen-bond donors (Lipinski definition) is 4. The van der Waals surface area contributed by atoms with Crippen LogP contribution in [0.2, 0.25) is 0 Å². The van der Waals surface area contributed by atoms with E-state index in [4.69, 9.17) is 20.3 Å². The number of carbonyl (C=O) groups is 8. The third-order valence-corrected chi connectivity index (χ3v) is 9.76. The number of ketones is 1. The smallest absolute Gasteiger partial charge is 0.320 e. The van der Waals surface area contributed by atoms with Crippen LogP contribution in [0, 0.1) is 11.8 Å². The van der Waals surface area contributed by atoms with Crippen molar-refractivity contribution < 1.29 is 62.4 Å². The number of nitrogens with zero attached hydrogens (tertiary/aromatic N) is 1. The Bertz CT molecular complexity index is 1150. The Balaban J connectivity index is 1.80. The van der Waals surface area contributed by atoms with E-state index < -0.39 is 40.4 Å². The Morgan fingerprint density at radius 1 is 0.980 bits per heavy atom. The van der Waals surface area contributed by atoms with Gasteiger partial charge in [0, 0.05) is 37.6 Å². The molecule has 0 aromatic rings. The number of carbonyl (C=O) groups excluding carboxylic acids is 7. The topological polar surface area (TPSA) is 247 Å². The number of carboxylic acid groups (broad SMARTS) is 1. The van der Waals surface area contributed by atoms with Gasteiger partial charge in [-0.05, 0) is 44.9 Å². The molecule has 1 saturated heterocycles. The fourth-order valence-electron chi connectivity index (χ4n) is 5.43. The number of ether oxygens (including phenoxy) is 4. The zero-order valence-electron chi connectivity index (χ0n) is 27.8. The van der Waals surface area contributed by atoms with Gasteiger partial charge in [0.2, 0.25) is 23.6 Å². The molecule has 0 aromatic carbocycles. The van der Waals surface area contributed by atoms with Crippen molar-refractivity contribution in [3.05, 3.63) is 0 Å². The van der Waals surface area contributed by atoms with Gasteiger partial charge in [-0.2, -0.15) is 0 Å². The summed E-state index contributed by atoms with van der Waals surface area (Å²) in [4.78, 5) is 97.2. The minimum absolute atomic E-state index is 0.0353. The van der Waals surface area contributed by atoms with Gasteiger partial charge in [-0.15, -0.1) is 11.8 Å². The van der Waals surface area contributed by atoms with E-state index in [1.54, 1.807) is 6.92 Å². The normalized spacial score (nSPS) is 21.8. The van der Waals surface area contributed by atoms with Crippen molar-refractivity contribution in [2.24, 2.45) is 17.6 Å². The molecule has 1 aliphatic heterocycles. The zero-order chi connectivity index (χ0) is 36.2. The van der Waals surface area contributed by atoms with Gasteiger partial charge in [0.1, 0.15) is 17.4 Å². The molecular weight excluding hydrogens is 668 g/mol. The van der Waals surface area contributed by atoms with Crippen LogP contribution in [-0.4, -0.2) is 134 Å². The molecular formula is C31H48N4O13S. The molecule has 1 aliphatic carbocycles. The fourth-order valence-corrected chi connectivity index (χ4v) is 6.69. The van der Waals surface area contributed by atoms with Gasteiger partial charge in [-0.1, -0.05) is 0 Å². The number of amides is 4. The Kier molecular flexibility index (Phi) is 18.8. The maximum atomic E-state index is 13.5. The summed E-state index contributed by atoms with van der Waals surface area (Å²) in [5.41, 5.74) is 5.46. The average molecular weight is 717 g/mol. The van der Waals surface area contributed by atoms with E-state index in [-0.39, 0.29) is 87.9 Å². The van der Waals surface area contributed by atoms with Gasteiger partial charge in [0.25, 0.3) is 12.9 Å². The first-order chi connectivity index (χ1) is 23.4. The number of imide groups is 1. The second kappa shape index (κ2) is 22.2. The minimum Gasteiger partial charge on any atom is -0.480 e. The predicted octanol–water partition coefficient (Wildman–Crippen LogP) is -0.825. The van der Waals surface area contributed by atoms with Crippen LogP contribution in [0.15, 0.2) is 0 Å². The van der Waals surface area contributed by atoms with E-state index in [2.05, 4.69) is 20.1 Å². The molecule has 3 atom stereocenters. The van der Waals surface area contributed by atoms with Crippen molar-refractivity contribution in [3.8, 4) is 0 Å². The summed E-state index contributed by atoms with van der Waals surface area (Å²) < 4.78 is 18.6. The van der Waals surface area contributed by atoms with E-state index in [0.29, 0.717) is 58.5 Å². The predicted molar refractivity (Wildman–Crippen MR) is 173 cm³/mol. The first-order valence-electron chi connectivity index (χ1n) is 16.2. The average Bonchev–Trinajstić information content (AvgIpc) is 3.29. The summed E-state index contributed by atoms with van der Waals surface area (Å²) in [6.45, 7) is 3.99. The van der Waals surface area contributed by atoms with Crippen LogP contribution in [0.3, 0.4) is 0 Å². The summed E-state index contributed by atoms with van der Waals surface area (Å²) in [5.74, 6) is -3.31. The summed E-state index contributed by atoms with van der Waals surface area (Å²) in [6, 6.07) is -2.33. The molecule has 1 heterocycles. The van der Waals surface area contributed by atoms with Crippen molar-refractivity contribution >= 4 is 60.1 Å². The van der Waals surface area contributed by atoms with Crippen LogP contribution in [0.4, 0.5) is 0 Å². The monoisotopic (exact) mass is 716 g/mol. The molecule has 3 unspecified atom stereocenters. The maximum absolute atomic E-state index is 13.5. The minimum atomic E-state index is -1.26. The molecule has 18 heteroatoms. The quantitative estimate of drug-likeness (QED) is 0.0485. The molecule has 2 fully saturated rings. The van der Waals surface area contributed by atoms with E-state index in [1.807, 2.05) is 0 Å². The molecule has 2 rings (SSSR count). The molecule has 276 valence electrons. The second-order valence-corrected chi connectivity index (χ2v) is 13.5. The molecule has 0 spiro atoms. The number of nitrogens with one attached hydrogen (secondary N) is 2. The van der Waals surface area contributed by atoms with Crippen LogP contribution in [-0.2, 0) is 57.3 Å². The van der Waals surface area contributed by atoms with E-state index in [1.165, 1.54) is 4.90 Å². The van der Waals surface area contributed by atoms with Crippen molar-refractivity contribution in [1.82, 2.24) is 15.5 Å². The third-order valence-electron chi connectivity index (χ3n) is 8.30. The van der Waals surface area contributed by atoms with Crippen LogP contribution in [0.1, 0.15) is 58.3 Å². The van der Waals surface area contributed by atoms with Crippen molar-refractivity contribution in [2.45, 2.75) is 75.1 Å². The summed E-state index contributed by atoms with van der Waals surface area (Å²) in [6.07, 6.45) is 1.88. The number of Topliss-reactive ketones (excluding diaryl/α,β-unsaturated/α-hetero) is 1. The molecule has 0 bridgehead atoms. The van der Waals surface area contributed by atoms with Crippen molar-refractivity contribution in [1.29, 1.82) is 0 Å². The maximum Gasteiger partial charge on any atom is 0.320 e. The van der Waals surface area contributed by atoms with Gasteiger partial charge in [0.05, 0.1) is 45.5 Å². The summed E-state index contributed by atoms with van der Waals surface area (Å²) >= 11 is 1.07. The van der Waals surface area contributed by atoms with Gasteiger partial charge in [-0.3, -0.25) is 43.3 Å². The standard InChI is InChI=1S/C31H48N4O13S/c1-31(49-18-24(25(38)8-10-47-19-36)34-26(39)7-6-23(32)29(42)43)16-27(40)35(30(31)44)17-21-2-4-22(5-3-21)28(41)33-9-11-45-12-13-46-14-15-48-20-37/h19-24H,2-18,32H2,1H3,(H,33,41)(H,34,39)(H,42,43). The molecule has 0 radical (unpaired) electrons. The highest BCUT2D eigenvalue weighted by Crippen LogP contribution is 2.39. The van der Waals surface area contributed by atoms with Crippen LogP contribution in [0.25, 0.3) is 0 Å². The Morgan fingerprint density at radius 3 is 2.27 bits per heavy atom. The highest BCUT2D eigenvalue weighted by Gasteiger charge is 2.49. The molecule has 17 nitrogen and oxygen atoms in total. The highest BCUT2D eigenvalue weighted by atomic mass is 32.2. The molecule has 4 amide bonds. The largest absolute Gasteiger partial charge is 0.480 e. The number of likely N-dealkylation sites (tertiary alicyclic amines) is 1. The number of aliphatic carboxylic acids is 1. The summed E-state index contributed by atoms with van der Waals surface area (Å²) in [7, 11) is 0. The lowest BCUT2D eigenvalue weighted by Gasteiger charge is -2.31. The Morgan fingerprint density at radius 2 is 1.61 bits per heavy atom. The Labute approximate surface area is 289 Å². The van der Waals surface area contributed by atoms with Crippen molar-refractivity contribution in [3.63, 3.8) is 0 Å². The van der Waals surface area contributed by atoms with Gasteiger partial charge >= 0.3 is 5.97 Å². The lowest BCUT2D eigenvalue weighted by molar-refractivity contribution is -0.141. The van der Waals surface area contributed by atoms with E-state index >= 15 is 0 Å². The number of thioether (sulfide) groups is 1. The second-order valence-electron chi connectivity index (χ2n) is 12.0. The SMILES string of the molecule is CC1(SCC(NC(=O)CCC(N)C(=O)O)C(=O)CCOC=O)CC(=O)N(CC2CCC(C(=O)NCCOCCOCCOC=O)CC2)C1=O. The molecule has 1 saturated carbocycles. The number of rotatable bonds is 26. The molecule has 49 heavy (non-hydrogen) atoms. The number of nitrogens with two attached hydrogens (primary N) is 1. The van der Waals surface area contributed by atoms with E-state index in [9.17, 15) is 38.4 Å². The number of carboxylic acids is 1. The van der Waals surface area contributed by atoms with Crippen LogP contribution < -0.4 is 16.4 Å². The van der Waals surface area contributed by atoms with Crippen molar-refractivity contribution in [2.75, 3.05) is 58.5 Å². The van der Waals surface area contributed by atoms with Gasteiger partial charge in [-0.25, -0.2) is 0 Å². The fraction of sp³-hybridized carbons (Fsp3) is 0.742. The Hall–Kier alpha value is -3.61. The summed E-state index contributed by atoms with van der Waals surface area (Å²) in [5, 5.41) is 14.4. The van der Waals surface area contributed by atoms with Gasteiger partial charge < -0.3 is 40.4 Å². The highest BCUT2D eigenvalue weighted by molar-refractivity contribution is 8.01. The molecule has 5 N–H and O–H groups in total. The van der Waals surface area contributed by atoms with Crippen LogP contribution in [0.5, 0.6) is 0 Å². The van der Waals surface area contributed by atoms with Gasteiger partial charge in [0.15, 0.2) is 5.78 Å². The molecule has 2 aliphatic rings. The first-order valence-corrected chi connectivity index (χ1v) is 17.2. The lowest BCUT2D eigenvalue weighted by Crippen LogP contribution is -2.45. The zero-order valence-corrected chi connectivity index (χ0v) is 28.6. The molecule has 0 aromatic heterocycles. The number of hydrogen-bond acceptors (Lipinski definition) is 14. The van der Waals surface area contributed by atoms with E-state index in [0.717, 1.165) is 11.8 Å².